The van der Waals surface area contributed by atoms with Crippen LogP contribution >= 0.6 is 0 Å². The molecule has 0 aliphatic heterocycles. The molecule has 1 aromatic carbocycles. The van der Waals surface area contributed by atoms with E-state index in [0.29, 0.717) is 0 Å². The van der Waals surface area contributed by atoms with Gasteiger partial charge < -0.3 is 0 Å². The van der Waals surface area contributed by atoms with Gasteiger partial charge in [0.05, 0.1) is 0 Å². The fraction of sp³-hybridized carbons (Fsp3) is 0. The van der Waals surface area contributed by atoms with Gasteiger partial charge in [-0.2, -0.15) is 0 Å². The van der Waals surface area contributed by atoms with Gasteiger partial charge in [0.1, 0.15) is 0 Å². The maximum atomic E-state index is 10.7. The molecule has 3 heteroatoms. The predicted molar refractivity (Wildman–Crippen MR) is 45.1 cm³/mol. The molecule has 0 amide bonds. The van der Waals surface area contributed by atoms with E-state index in [-0.39, 0.29) is 55.2 Å². The van der Waals surface area contributed by atoms with Crippen molar-refractivity contribution in [3.05, 3.63) is 35.9 Å². The molecule has 48 valence electrons. The Bertz CT molecular complexity index is 210. The molecule has 1 nitrogen and oxygen atoms in total. The van der Waals surface area contributed by atoms with Crippen LogP contribution in [-0.4, -0.2) is 77.5 Å². The standard InChI is InChI=1S/C7H6OTe.K.H/c8-7(9)6-4-2-1-3-5-6;;/h1-5H,(H,8,9);;. The van der Waals surface area contributed by atoms with Crippen LogP contribution in [0, 0.1) is 0 Å². The van der Waals surface area contributed by atoms with Gasteiger partial charge in [-0.3, -0.25) is 0 Å². The Morgan fingerprint density at radius 1 is 1.20 bits per heavy atom. The van der Waals surface area contributed by atoms with Crippen LogP contribution in [0.15, 0.2) is 30.3 Å². The predicted octanol–water partition coefficient (Wildman–Crippen LogP) is 0.0791. The summed E-state index contributed by atoms with van der Waals surface area (Å²) in [5, 5.41) is 0. The molecule has 10 heavy (non-hydrogen) atoms. The van der Waals surface area contributed by atoms with Crippen molar-refractivity contribution < 1.29 is 4.79 Å². The molecule has 0 spiro atoms. The Hall–Kier alpha value is 1.32. The summed E-state index contributed by atoms with van der Waals surface area (Å²) < 4.78 is 0.171. The Morgan fingerprint density at radius 3 is 2.00 bits per heavy atom. The van der Waals surface area contributed by atoms with E-state index < -0.39 is 0 Å². The van der Waals surface area contributed by atoms with Crippen molar-refractivity contribution in [3.63, 3.8) is 0 Å². The SMILES string of the molecule is O=C([TeH])c1ccccc1.[KH]. The number of carbonyl (C=O) groups excluding carboxylic acids is 1. The van der Waals surface area contributed by atoms with E-state index in [1.807, 2.05) is 30.3 Å². The van der Waals surface area contributed by atoms with Crippen LogP contribution in [0.1, 0.15) is 10.4 Å². The molecule has 0 heterocycles. The van der Waals surface area contributed by atoms with Gasteiger partial charge in [0.25, 0.3) is 0 Å². The van der Waals surface area contributed by atoms with E-state index in [1.54, 1.807) is 0 Å². The second kappa shape index (κ2) is 5.90. The molecule has 0 fully saturated rings. The van der Waals surface area contributed by atoms with Crippen LogP contribution in [0.5, 0.6) is 0 Å². The van der Waals surface area contributed by atoms with Crippen molar-refractivity contribution in [1.29, 1.82) is 0 Å². The summed E-state index contributed by atoms with van der Waals surface area (Å²) in [6.07, 6.45) is 0. The van der Waals surface area contributed by atoms with Crippen molar-refractivity contribution >= 4 is 77.5 Å². The fourth-order valence-corrected chi connectivity index (χ4v) is 1.01. The van der Waals surface area contributed by atoms with E-state index in [0.717, 1.165) is 5.56 Å². The average Bonchev–Trinajstić information content (AvgIpc) is 1.90. The average molecular weight is 274 g/mol. The molecule has 0 bridgehead atoms. The zero-order valence-electron chi connectivity index (χ0n) is 4.74. The zero-order valence-corrected chi connectivity index (χ0v) is 7.29. The van der Waals surface area contributed by atoms with Crippen LogP contribution in [0.25, 0.3) is 0 Å². The van der Waals surface area contributed by atoms with Gasteiger partial charge in [0.2, 0.25) is 0 Å². The molecule has 1 aromatic rings. The Kier molecular flexibility index (Phi) is 6.68. The minimum absolute atomic E-state index is 0. The van der Waals surface area contributed by atoms with Crippen molar-refractivity contribution in [1.82, 2.24) is 0 Å². The summed E-state index contributed by atoms with van der Waals surface area (Å²) >= 11 is 1.22. The van der Waals surface area contributed by atoms with Crippen molar-refractivity contribution in [2.45, 2.75) is 0 Å². The van der Waals surface area contributed by atoms with E-state index >= 15 is 0 Å². The van der Waals surface area contributed by atoms with Gasteiger partial charge in [-0.15, -0.1) is 0 Å². The quantitative estimate of drug-likeness (QED) is 0.663. The van der Waals surface area contributed by atoms with E-state index in [9.17, 15) is 4.79 Å². The molecule has 0 aliphatic rings. The van der Waals surface area contributed by atoms with Crippen LogP contribution in [0.2, 0.25) is 0 Å². The Labute approximate surface area is 116 Å². The minimum atomic E-state index is 0. The first-order valence-electron chi connectivity index (χ1n) is 2.59. The Morgan fingerprint density at radius 2 is 1.70 bits per heavy atom. The van der Waals surface area contributed by atoms with E-state index in [4.69, 9.17) is 0 Å². The summed E-state index contributed by atoms with van der Waals surface area (Å²) in [5.41, 5.74) is 0.798. The zero-order chi connectivity index (χ0) is 6.69. The number of benzene rings is 1. The molecule has 1 rings (SSSR count). The van der Waals surface area contributed by atoms with Crippen molar-refractivity contribution in [2.24, 2.45) is 0 Å². The topological polar surface area (TPSA) is 17.1 Å². The second-order valence-corrected chi connectivity index (χ2v) is 2.83. The van der Waals surface area contributed by atoms with Crippen LogP contribution < -0.4 is 0 Å². The summed E-state index contributed by atoms with van der Waals surface area (Å²) in [6.45, 7) is 0. The number of rotatable bonds is 1. The van der Waals surface area contributed by atoms with Crippen LogP contribution in [0.4, 0.5) is 0 Å². The van der Waals surface area contributed by atoms with Crippen molar-refractivity contribution in [3.8, 4) is 0 Å². The Balaban J connectivity index is 0.000000810. The number of carbonyl (C=O) groups is 1. The molecular formula is C7H7KOTe. The molecule has 0 aliphatic carbocycles. The van der Waals surface area contributed by atoms with Crippen molar-refractivity contribution in [2.75, 3.05) is 0 Å². The molecule has 0 aromatic heterocycles. The molecule has 0 radical (unpaired) electrons. The monoisotopic (exact) mass is 276 g/mol. The van der Waals surface area contributed by atoms with Crippen LogP contribution in [-0.2, 0) is 0 Å². The first kappa shape index (κ1) is 11.3. The summed E-state index contributed by atoms with van der Waals surface area (Å²) in [7, 11) is 0. The third-order valence-electron chi connectivity index (χ3n) is 1.02. The van der Waals surface area contributed by atoms with E-state index in [2.05, 4.69) is 0 Å². The van der Waals surface area contributed by atoms with Gasteiger partial charge in [0, 0.05) is 0 Å². The summed E-state index contributed by atoms with van der Waals surface area (Å²) in [6, 6.07) is 9.27. The van der Waals surface area contributed by atoms with Crippen LogP contribution in [0.3, 0.4) is 0 Å². The molecule has 0 N–H and O–H groups in total. The van der Waals surface area contributed by atoms with Gasteiger partial charge in [-0.25, -0.2) is 0 Å². The summed E-state index contributed by atoms with van der Waals surface area (Å²) in [4.78, 5) is 10.7. The normalized spacial score (nSPS) is 8.10. The molecule has 0 saturated heterocycles. The first-order valence-corrected chi connectivity index (χ1v) is 3.86. The second-order valence-electron chi connectivity index (χ2n) is 1.67. The molecule has 0 atom stereocenters. The number of hydrogen-bond donors (Lipinski definition) is 0. The fourth-order valence-electron chi connectivity index (χ4n) is 0.581. The third-order valence-corrected chi connectivity index (χ3v) is 1.76. The van der Waals surface area contributed by atoms with Gasteiger partial charge in [0.15, 0.2) is 0 Å². The summed E-state index contributed by atoms with van der Waals surface area (Å²) in [5.74, 6) is 0. The first-order chi connectivity index (χ1) is 4.30. The van der Waals surface area contributed by atoms with Gasteiger partial charge >= 0.3 is 118 Å². The number of hydrogen-bond acceptors (Lipinski definition) is 1. The molecular weight excluding hydrogens is 267 g/mol. The third kappa shape index (κ3) is 3.63. The molecule has 0 saturated carbocycles. The van der Waals surface area contributed by atoms with Gasteiger partial charge in [-0.1, -0.05) is 0 Å². The van der Waals surface area contributed by atoms with Gasteiger partial charge in [-0.05, 0) is 0 Å². The van der Waals surface area contributed by atoms with E-state index in [1.165, 1.54) is 22.3 Å². The molecule has 0 unspecified atom stereocenters. The maximum absolute atomic E-state index is 10.7.